The average Bonchev–Trinajstić information content (AvgIpc) is 2.49. The Morgan fingerprint density at radius 1 is 1.13 bits per heavy atom. The van der Waals surface area contributed by atoms with Gasteiger partial charge in [-0.05, 0) is 54.2 Å². The normalized spacial score (nSPS) is 10.6. The van der Waals surface area contributed by atoms with Gasteiger partial charge in [0.25, 0.3) is 0 Å². The zero-order valence-corrected chi connectivity index (χ0v) is 14.0. The van der Waals surface area contributed by atoms with E-state index < -0.39 is 5.91 Å². The van der Waals surface area contributed by atoms with Crippen molar-refractivity contribution in [2.75, 3.05) is 5.32 Å². The van der Waals surface area contributed by atoms with Crippen LogP contribution in [0.5, 0.6) is 0 Å². The van der Waals surface area contributed by atoms with Gasteiger partial charge in [-0.25, -0.2) is 4.39 Å². The molecule has 0 saturated heterocycles. The maximum Gasteiger partial charge on any atom is 0.250 e. The summed E-state index contributed by atoms with van der Waals surface area (Å²) in [5, 5.41) is 6.26. The molecule has 0 fully saturated rings. The van der Waals surface area contributed by atoms with Crippen LogP contribution >= 0.6 is 35.4 Å². The van der Waals surface area contributed by atoms with Crippen molar-refractivity contribution >= 4 is 58.2 Å². The fourth-order valence-corrected chi connectivity index (χ4v) is 2.31. The first-order valence-corrected chi connectivity index (χ1v) is 7.61. The van der Waals surface area contributed by atoms with Crippen LogP contribution in [0, 0.1) is 5.82 Å². The summed E-state index contributed by atoms with van der Waals surface area (Å²) < 4.78 is 12.8. The molecule has 0 atom stereocenters. The standard InChI is InChI=1S/C16H11Cl2FN2OS/c17-11-4-7-14(13(18)9-11)20-16(23)21-15(22)8-3-10-1-5-12(19)6-2-10/h1-9H,(H2,20,21,22,23). The second-order valence-electron chi connectivity index (χ2n) is 4.45. The summed E-state index contributed by atoms with van der Waals surface area (Å²) in [6.07, 6.45) is 2.84. The first-order chi connectivity index (χ1) is 10.9. The van der Waals surface area contributed by atoms with E-state index in [-0.39, 0.29) is 10.9 Å². The third kappa shape index (κ3) is 5.63. The lowest BCUT2D eigenvalue weighted by molar-refractivity contribution is -0.115. The molecule has 2 rings (SSSR count). The largest absolute Gasteiger partial charge is 0.331 e. The highest BCUT2D eigenvalue weighted by atomic mass is 35.5. The van der Waals surface area contributed by atoms with Crippen LogP contribution in [-0.2, 0) is 4.79 Å². The number of nitrogens with one attached hydrogen (secondary N) is 2. The maximum absolute atomic E-state index is 12.8. The maximum atomic E-state index is 12.8. The Hall–Kier alpha value is -1.95. The molecule has 118 valence electrons. The molecular weight excluding hydrogens is 358 g/mol. The van der Waals surface area contributed by atoms with Crippen molar-refractivity contribution < 1.29 is 9.18 Å². The zero-order chi connectivity index (χ0) is 16.8. The van der Waals surface area contributed by atoms with Crippen LogP contribution in [0.2, 0.25) is 10.0 Å². The summed E-state index contributed by atoms with van der Waals surface area (Å²) in [6, 6.07) is 10.6. The average molecular weight is 369 g/mol. The van der Waals surface area contributed by atoms with Gasteiger partial charge >= 0.3 is 0 Å². The minimum absolute atomic E-state index is 0.1000. The molecule has 0 aliphatic carbocycles. The van der Waals surface area contributed by atoms with Crippen molar-refractivity contribution in [3.05, 3.63) is 70.0 Å². The highest BCUT2D eigenvalue weighted by Crippen LogP contribution is 2.25. The quantitative estimate of drug-likeness (QED) is 0.611. The number of rotatable bonds is 3. The second kappa shape index (κ2) is 8.06. The summed E-state index contributed by atoms with van der Waals surface area (Å²) >= 11 is 16.8. The van der Waals surface area contributed by atoms with E-state index in [9.17, 15) is 9.18 Å². The molecule has 0 radical (unpaired) electrons. The van der Waals surface area contributed by atoms with Gasteiger partial charge in [0.05, 0.1) is 10.7 Å². The second-order valence-corrected chi connectivity index (χ2v) is 5.70. The highest BCUT2D eigenvalue weighted by molar-refractivity contribution is 7.80. The van der Waals surface area contributed by atoms with Crippen LogP contribution in [-0.4, -0.2) is 11.0 Å². The Balaban J connectivity index is 1.91. The van der Waals surface area contributed by atoms with Crippen LogP contribution in [0.15, 0.2) is 48.5 Å². The third-order valence-corrected chi connectivity index (χ3v) is 3.47. The van der Waals surface area contributed by atoms with Gasteiger partial charge in [-0.2, -0.15) is 0 Å². The van der Waals surface area contributed by atoms with Gasteiger partial charge < -0.3 is 5.32 Å². The number of amides is 1. The van der Waals surface area contributed by atoms with E-state index >= 15 is 0 Å². The molecular formula is C16H11Cl2FN2OS. The smallest absolute Gasteiger partial charge is 0.250 e. The van der Waals surface area contributed by atoms with Gasteiger partial charge in [-0.15, -0.1) is 0 Å². The summed E-state index contributed by atoms with van der Waals surface area (Å²) in [7, 11) is 0. The molecule has 2 aromatic rings. The molecule has 0 heterocycles. The molecule has 0 bridgehead atoms. The molecule has 0 aliphatic rings. The van der Waals surface area contributed by atoms with E-state index in [4.69, 9.17) is 35.4 Å². The number of thiocarbonyl (C=S) groups is 1. The molecule has 0 aliphatic heterocycles. The fourth-order valence-electron chi connectivity index (χ4n) is 1.64. The molecule has 1 amide bonds. The summed E-state index contributed by atoms with van der Waals surface area (Å²) in [4.78, 5) is 11.8. The first kappa shape index (κ1) is 17.4. The molecule has 7 heteroatoms. The van der Waals surface area contributed by atoms with Crippen molar-refractivity contribution in [1.82, 2.24) is 5.32 Å². The minimum atomic E-state index is -0.420. The van der Waals surface area contributed by atoms with E-state index in [2.05, 4.69) is 10.6 Å². The Morgan fingerprint density at radius 3 is 2.48 bits per heavy atom. The number of carbonyl (C=O) groups excluding carboxylic acids is 1. The van der Waals surface area contributed by atoms with Gasteiger partial charge in [-0.1, -0.05) is 35.3 Å². The predicted molar refractivity (Wildman–Crippen MR) is 96.3 cm³/mol. The topological polar surface area (TPSA) is 41.1 Å². The molecule has 2 aromatic carbocycles. The molecule has 0 saturated carbocycles. The van der Waals surface area contributed by atoms with Gasteiger partial charge in [0.2, 0.25) is 5.91 Å². The lowest BCUT2D eigenvalue weighted by Crippen LogP contribution is -2.32. The lowest BCUT2D eigenvalue weighted by atomic mass is 10.2. The van der Waals surface area contributed by atoms with Crippen LogP contribution in [0.3, 0.4) is 0 Å². The molecule has 0 unspecified atom stereocenters. The molecule has 0 aromatic heterocycles. The SMILES string of the molecule is O=C(C=Cc1ccc(F)cc1)NC(=S)Nc1ccc(Cl)cc1Cl. The zero-order valence-electron chi connectivity index (χ0n) is 11.6. The highest BCUT2D eigenvalue weighted by Gasteiger charge is 2.05. The van der Waals surface area contributed by atoms with E-state index in [0.717, 1.165) is 0 Å². The lowest BCUT2D eigenvalue weighted by Gasteiger charge is -2.09. The van der Waals surface area contributed by atoms with E-state index in [1.54, 1.807) is 36.4 Å². The number of carbonyl (C=O) groups is 1. The van der Waals surface area contributed by atoms with Crippen molar-refractivity contribution in [3.8, 4) is 0 Å². The van der Waals surface area contributed by atoms with E-state index in [0.29, 0.717) is 21.3 Å². The number of halogens is 3. The number of hydrogen-bond acceptors (Lipinski definition) is 2. The van der Waals surface area contributed by atoms with Crippen molar-refractivity contribution in [2.24, 2.45) is 0 Å². The Morgan fingerprint density at radius 2 is 1.83 bits per heavy atom. The molecule has 0 spiro atoms. The van der Waals surface area contributed by atoms with Crippen LogP contribution in [0.1, 0.15) is 5.56 Å². The number of benzene rings is 2. The van der Waals surface area contributed by atoms with Gasteiger partial charge in [0.15, 0.2) is 5.11 Å². The summed E-state index contributed by atoms with van der Waals surface area (Å²) in [5.41, 5.74) is 1.23. The molecule has 23 heavy (non-hydrogen) atoms. The van der Waals surface area contributed by atoms with E-state index in [1.807, 2.05) is 0 Å². The van der Waals surface area contributed by atoms with Crippen molar-refractivity contribution in [3.63, 3.8) is 0 Å². The first-order valence-electron chi connectivity index (χ1n) is 6.45. The Kier molecular flexibility index (Phi) is 6.10. The van der Waals surface area contributed by atoms with Gasteiger partial charge in [-0.3, -0.25) is 10.1 Å². The number of hydrogen-bond donors (Lipinski definition) is 2. The van der Waals surface area contributed by atoms with Crippen LogP contribution in [0.25, 0.3) is 6.08 Å². The summed E-state index contributed by atoms with van der Waals surface area (Å²) in [6.45, 7) is 0. The number of anilines is 1. The predicted octanol–water partition coefficient (Wildman–Crippen LogP) is 4.66. The minimum Gasteiger partial charge on any atom is -0.331 e. The van der Waals surface area contributed by atoms with Crippen LogP contribution in [0.4, 0.5) is 10.1 Å². The Labute approximate surface area is 148 Å². The van der Waals surface area contributed by atoms with Crippen LogP contribution < -0.4 is 10.6 Å². The third-order valence-electron chi connectivity index (χ3n) is 2.71. The summed E-state index contributed by atoms with van der Waals surface area (Å²) in [5.74, 6) is -0.756. The molecule has 3 nitrogen and oxygen atoms in total. The van der Waals surface area contributed by atoms with Crippen molar-refractivity contribution in [2.45, 2.75) is 0 Å². The van der Waals surface area contributed by atoms with Crippen molar-refractivity contribution in [1.29, 1.82) is 0 Å². The molecule has 2 N–H and O–H groups in total. The Bertz CT molecular complexity index is 763. The van der Waals surface area contributed by atoms with Gasteiger partial charge in [0, 0.05) is 11.1 Å². The fraction of sp³-hybridized carbons (Fsp3) is 0. The van der Waals surface area contributed by atoms with Gasteiger partial charge in [0.1, 0.15) is 5.82 Å². The monoisotopic (exact) mass is 368 g/mol. The van der Waals surface area contributed by atoms with E-state index in [1.165, 1.54) is 18.2 Å².